The third-order valence-corrected chi connectivity index (χ3v) is 3.28. The number of ether oxygens (including phenoxy) is 1. The van der Waals surface area contributed by atoms with Gasteiger partial charge in [0.05, 0.1) is 0 Å². The SMILES string of the molecule is CCC(CNC(C)c1ccc(O)cc1)NC(=O)OC(C)(C)C. The first-order chi connectivity index (χ1) is 10.2. The van der Waals surface area contributed by atoms with E-state index < -0.39 is 11.7 Å². The minimum absolute atomic E-state index is 0.00872. The molecule has 0 aliphatic rings. The number of benzene rings is 1. The summed E-state index contributed by atoms with van der Waals surface area (Å²) < 4.78 is 5.27. The number of carbonyl (C=O) groups is 1. The molecule has 0 saturated heterocycles. The van der Waals surface area contributed by atoms with Gasteiger partial charge in [-0.05, 0) is 51.8 Å². The summed E-state index contributed by atoms with van der Waals surface area (Å²) in [6.07, 6.45) is 0.424. The fourth-order valence-corrected chi connectivity index (χ4v) is 1.97. The molecule has 0 spiro atoms. The smallest absolute Gasteiger partial charge is 0.407 e. The first kappa shape index (κ1) is 18.3. The van der Waals surface area contributed by atoms with Crippen molar-refractivity contribution in [3.05, 3.63) is 29.8 Å². The zero-order chi connectivity index (χ0) is 16.8. The summed E-state index contributed by atoms with van der Waals surface area (Å²) in [5.41, 5.74) is 0.597. The standard InChI is InChI=1S/C17H28N2O3/c1-6-14(19-16(21)22-17(3,4)5)11-18-12(2)13-7-9-15(20)10-8-13/h7-10,12,14,18,20H,6,11H2,1-5H3,(H,19,21). The molecule has 3 N–H and O–H groups in total. The summed E-state index contributed by atoms with van der Waals surface area (Å²) in [7, 11) is 0. The Bertz CT molecular complexity index is 466. The second kappa shape index (κ2) is 8.03. The van der Waals surface area contributed by atoms with Crippen LogP contribution in [-0.2, 0) is 4.74 Å². The van der Waals surface area contributed by atoms with E-state index in [4.69, 9.17) is 4.74 Å². The Morgan fingerprint density at radius 1 is 1.27 bits per heavy atom. The van der Waals surface area contributed by atoms with E-state index in [1.54, 1.807) is 12.1 Å². The number of phenols is 1. The van der Waals surface area contributed by atoms with Gasteiger partial charge < -0.3 is 20.5 Å². The van der Waals surface area contributed by atoms with E-state index in [9.17, 15) is 9.90 Å². The third kappa shape index (κ3) is 6.80. The van der Waals surface area contributed by atoms with Crippen LogP contribution in [0.25, 0.3) is 0 Å². The van der Waals surface area contributed by atoms with E-state index in [1.807, 2.05) is 46.8 Å². The number of phenolic OH excluding ortho intramolecular Hbond substituents is 1. The number of hydrogen-bond acceptors (Lipinski definition) is 4. The highest BCUT2D eigenvalue weighted by Gasteiger charge is 2.19. The van der Waals surface area contributed by atoms with Crippen molar-refractivity contribution < 1.29 is 14.6 Å². The van der Waals surface area contributed by atoms with Gasteiger partial charge in [-0.15, -0.1) is 0 Å². The molecule has 0 fully saturated rings. The van der Waals surface area contributed by atoms with Gasteiger partial charge in [0, 0.05) is 18.6 Å². The summed E-state index contributed by atoms with van der Waals surface area (Å²) in [4.78, 5) is 11.8. The Morgan fingerprint density at radius 3 is 2.36 bits per heavy atom. The van der Waals surface area contributed by atoms with E-state index in [0.29, 0.717) is 6.54 Å². The molecule has 2 atom stereocenters. The maximum atomic E-state index is 11.8. The van der Waals surface area contributed by atoms with Crippen LogP contribution in [0.15, 0.2) is 24.3 Å². The lowest BCUT2D eigenvalue weighted by Crippen LogP contribution is -2.44. The predicted molar refractivity (Wildman–Crippen MR) is 88.0 cm³/mol. The van der Waals surface area contributed by atoms with Gasteiger partial charge in [-0.25, -0.2) is 4.79 Å². The Balaban J connectivity index is 2.46. The van der Waals surface area contributed by atoms with Crippen LogP contribution in [0.1, 0.15) is 52.6 Å². The van der Waals surface area contributed by atoms with Crippen LogP contribution in [0.5, 0.6) is 5.75 Å². The van der Waals surface area contributed by atoms with E-state index >= 15 is 0 Å². The fraction of sp³-hybridized carbons (Fsp3) is 0.588. The minimum atomic E-state index is -0.491. The molecule has 0 heterocycles. The van der Waals surface area contributed by atoms with Crippen LogP contribution in [0.3, 0.4) is 0 Å². The second-order valence-electron chi connectivity index (χ2n) is 6.47. The summed E-state index contributed by atoms with van der Waals surface area (Å²) in [5.74, 6) is 0.258. The Kier molecular flexibility index (Phi) is 6.68. The quantitative estimate of drug-likeness (QED) is 0.754. The highest BCUT2D eigenvalue weighted by Crippen LogP contribution is 2.16. The topological polar surface area (TPSA) is 70.6 Å². The van der Waals surface area contributed by atoms with Gasteiger partial charge in [-0.3, -0.25) is 0 Å². The molecule has 0 saturated carbocycles. The van der Waals surface area contributed by atoms with Crippen LogP contribution < -0.4 is 10.6 Å². The summed E-state index contributed by atoms with van der Waals surface area (Å²) in [6, 6.07) is 7.25. The lowest BCUT2D eigenvalue weighted by Gasteiger charge is -2.24. The number of aromatic hydroxyl groups is 1. The average Bonchev–Trinajstić information content (AvgIpc) is 2.41. The first-order valence-electron chi connectivity index (χ1n) is 7.73. The summed E-state index contributed by atoms with van der Waals surface area (Å²) in [5, 5.41) is 15.6. The Morgan fingerprint density at radius 2 is 1.86 bits per heavy atom. The van der Waals surface area contributed by atoms with Gasteiger partial charge in [0.25, 0.3) is 0 Å². The van der Waals surface area contributed by atoms with Gasteiger partial charge in [0.1, 0.15) is 11.4 Å². The van der Waals surface area contributed by atoms with Crippen molar-refractivity contribution in [2.45, 2.75) is 58.7 Å². The number of nitrogens with one attached hydrogen (secondary N) is 2. The molecule has 0 radical (unpaired) electrons. The molecular formula is C17H28N2O3. The van der Waals surface area contributed by atoms with Gasteiger partial charge in [0.15, 0.2) is 0 Å². The van der Waals surface area contributed by atoms with Crippen LogP contribution in [0, 0.1) is 0 Å². The molecule has 1 aromatic carbocycles. The molecular weight excluding hydrogens is 280 g/mol. The minimum Gasteiger partial charge on any atom is -0.508 e. The summed E-state index contributed by atoms with van der Waals surface area (Å²) >= 11 is 0. The molecule has 0 aliphatic carbocycles. The van der Waals surface area contributed by atoms with Crippen molar-refractivity contribution in [1.82, 2.24) is 10.6 Å². The molecule has 1 rings (SSSR count). The van der Waals surface area contributed by atoms with Gasteiger partial charge in [-0.2, -0.15) is 0 Å². The van der Waals surface area contributed by atoms with Gasteiger partial charge in [-0.1, -0.05) is 19.1 Å². The number of carbonyl (C=O) groups excluding carboxylic acids is 1. The van der Waals surface area contributed by atoms with Gasteiger partial charge >= 0.3 is 6.09 Å². The molecule has 0 aliphatic heterocycles. The van der Waals surface area contributed by atoms with E-state index in [0.717, 1.165) is 12.0 Å². The molecule has 1 amide bonds. The lowest BCUT2D eigenvalue weighted by molar-refractivity contribution is 0.0502. The number of rotatable bonds is 6. The van der Waals surface area contributed by atoms with Crippen molar-refractivity contribution in [3.8, 4) is 5.75 Å². The molecule has 5 nitrogen and oxygen atoms in total. The van der Waals surface area contributed by atoms with Gasteiger partial charge in [0.2, 0.25) is 0 Å². The molecule has 22 heavy (non-hydrogen) atoms. The maximum Gasteiger partial charge on any atom is 0.407 e. The third-order valence-electron chi connectivity index (χ3n) is 3.28. The van der Waals surface area contributed by atoms with Crippen molar-refractivity contribution in [3.63, 3.8) is 0 Å². The highest BCUT2D eigenvalue weighted by molar-refractivity contribution is 5.68. The van der Waals surface area contributed by atoms with Crippen molar-refractivity contribution >= 4 is 6.09 Å². The molecule has 2 unspecified atom stereocenters. The van der Waals surface area contributed by atoms with E-state index in [2.05, 4.69) is 10.6 Å². The summed E-state index contributed by atoms with van der Waals surface area (Å²) in [6.45, 7) is 10.3. The maximum absolute atomic E-state index is 11.8. The van der Waals surface area contributed by atoms with Crippen LogP contribution >= 0.6 is 0 Å². The fourth-order valence-electron chi connectivity index (χ4n) is 1.97. The van der Waals surface area contributed by atoms with E-state index in [1.165, 1.54) is 0 Å². The Hall–Kier alpha value is -1.75. The number of alkyl carbamates (subject to hydrolysis) is 1. The van der Waals surface area contributed by atoms with Crippen LogP contribution in [0.2, 0.25) is 0 Å². The molecule has 0 aromatic heterocycles. The molecule has 1 aromatic rings. The lowest BCUT2D eigenvalue weighted by atomic mass is 10.1. The van der Waals surface area contributed by atoms with Crippen molar-refractivity contribution in [1.29, 1.82) is 0 Å². The molecule has 5 heteroatoms. The number of hydrogen-bond donors (Lipinski definition) is 3. The predicted octanol–water partition coefficient (Wildman–Crippen LogP) is 3.35. The highest BCUT2D eigenvalue weighted by atomic mass is 16.6. The zero-order valence-electron chi connectivity index (χ0n) is 14.1. The first-order valence-corrected chi connectivity index (χ1v) is 7.73. The van der Waals surface area contributed by atoms with Crippen LogP contribution in [-0.4, -0.2) is 29.4 Å². The molecule has 0 bridgehead atoms. The number of amides is 1. The van der Waals surface area contributed by atoms with Crippen molar-refractivity contribution in [2.24, 2.45) is 0 Å². The Labute approximate surface area is 133 Å². The van der Waals surface area contributed by atoms with Crippen LogP contribution in [0.4, 0.5) is 4.79 Å². The second-order valence-corrected chi connectivity index (χ2v) is 6.47. The zero-order valence-corrected chi connectivity index (χ0v) is 14.1. The monoisotopic (exact) mass is 308 g/mol. The normalized spacial score (nSPS) is 14.2. The average molecular weight is 308 g/mol. The largest absolute Gasteiger partial charge is 0.508 e. The van der Waals surface area contributed by atoms with Crippen molar-refractivity contribution in [2.75, 3.05) is 6.54 Å². The van der Waals surface area contributed by atoms with E-state index in [-0.39, 0.29) is 17.8 Å². The molecule has 124 valence electrons.